The van der Waals surface area contributed by atoms with Gasteiger partial charge in [0.1, 0.15) is 34.9 Å². The van der Waals surface area contributed by atoms with E-state index in [0.29, 0.717) is 5.56 Å². The number of hydrogen-bond donors (Lipinski definition) is 4. The SMILES string of the molecule is CC(=O)NOC1(O)C(c2ccc(F)cc2)=COc2cc(O)cc(O)c21. The molecule has 1 aliphatic heterocycles. The molecule has 2 aromatic rings. The number of ether oxygens (including phenoxy) is 1. The monoisotopic (exact) mass is 347 g/mol. The molecule has 4 N–H and O–H groups in total. The van der Waals surface area contributed by atoms with E-state index in [-0.39, 0.29) is 22.6 Å². The van der Waals surface area contributed by atoms with Crippen LogP contribution >= 0.6 is 0 Å². The number of phenolic OH excluding ortho intramolecular Hbond substituents is 2. The summed E-state index contributed by atoms with van der Waals surface area (Å²) < 4.78 is 18.5. The summed E-state index contributed by atoms with van der Waals surface area (Å²) in [5.74, 6) is -4.31. The summed E-state index contributed by atoms with van der Waals surface area (Å²) in [7, 11) is 0. The van der Waals surface area contributed by atoms with Gasteiger partial charge in [-0.2, -0.15) is 0 Å². The van der Waals surface area contributed by atoms with Crippen molar-refractivity contribution in [3.05, 3.63) is 59.6 Å². The molecule has 1 unspecified atom stereocenters. The van der Waals surface area contributed by atoms with Gasteiger partial charge in [0.05, 0.1) is 5.57 Å². The lowest BCUT2D eigenvalue weighted by molar-refractivity contribution is -0.211. The second-order valence-electron chi connectivity index (χ2n) is 5.40. The normalized spacial score (nSPS) is 18.8. The molecule has 1 heterocycles. The van der Waals surface area contributed by atoms with Crippen LogP contribution in [-0.4, -0.2) is 21.2 Å². The number of carbonyl (C=O) groups is 1. The van der Waals surface area contributed by atoms with Crippen molar-refractivity contribution < 1.29 is 34.1 Å². The van der Waals surface area contributed by atoms with Crippen LogP contribution in [0.5, 0.6) is 17.2 Å². The Morgan fingerprint density at radius 3 is 2.56 bits per heavy atom. The van der Waals surface area contributed by atoms with Gasteiger partial charge in [0.15, 0.2) is 0 Å². The van der Waals surface area contributed by atoms with Gasteiger partial charge in [0, 0.05) is 19.1 Å². The molecule has 1 atom stereocenters. The van der Waals surface area contributed by atoms with E-state index in [0.717, 1.165) is 18.4 Å². The van der Waals surface area contributed by atoms with Gasteiger partial charge < -0.3 is 20.1 Å². The van der Waals surface area contributed by atoms with Gasteiger partial charge in [-0.15, -0.1) is 0 Å². The summed E-state index contributed by atoms with van der Waals surface area (Å²) in [6, 6.07) is 7.22. The van der Waals surface area contributed by atoms with Gasteiger partial charge in [0.25, 0.3) is 5.79 Å². The lowest BCUT2D eigenvalue weighted by Gasteiger charge is -2.34. The Kier molecular flexibility index (Phi) is 4.07. The van der Waals surface area contributed by atoms with Gasteiger partial charge in [-0.05, 0) is 17.7 Å². The standard InChI is InChI=1S/C17H14FNO6/c1-9(20)19-25-17(23)13(10-2-4-11(18)5-3-10)8-24-15-7-12(21)6-14(22)16(15)17/h2-8,21-23H,1H3,(H,19,20). The molecule has 0 saturated carbocycles. The summed E-state index contributed by atoms with van der Waals surface area (Å²) in [6.07, 6.45) is 1.12. The number of amides is 1. The summed E-state index contributed by atoms with van der Waals surface area (Å²) >= 11 is 0. The van der Waals surface area contributed by atoms with E-state index < -0.39 is 23.3 Å². The first kappa shape index (κ1) is 16.7. The van der Waals surface area contributed by atoms with Crippen molar-refractivity contribution >= 4 is 11.5 Å². The number of phenols is 2. The lowest BCUT2D eigenvalue weighted by atomic mass is 9.89. The molecule has 7 nitrogen and oxygen atoms in total. The maximum atomic E-state index is 13.2. The third-order valence-electron chi connectivity index (χ3n) is 3.57. The molecule has 3 rings (SSSR count). The van der Waals surface area contributed by atoms with E-state index in [1.54, 1.807) is 0 Å². The molecule has 130 valence electrons. The summed E-state index contributed by atoms with van der Waals surface area (Å²) in [4.78, 5) is 16.4. The van der Waals surface area contributed by atoms with E-state index in [9.17, 15) is 24.5 Å². The van der Waals surface area contributed by atoms with E-state index in [1.807, 2.05) is 5.48 Å². The van der Waals surface area contributed by atoms with Crippen molar-refractivity contribution in [3.63, 3.8) is 0 Å². The maximum absolute atomic E-state index is 13.2. The zero-order valence-corrected chi connectivity index (χ0v) is 13.0. The Morgan fingerprint density at radius 1 is 1.24 bits per heavy atom. The highest BCUT2D eigenvalue weighted by atomic mass is 19.1. The number of fused-ring (bicyclic) bond motifs is 1. The number of nitrogens with one attached hydrogen (secondary N) is 1. The number of hydroxylamine groups is 1. The summed E-state index contributed by atoms with van der Waals surface area (Å²) in [5.41, 5.74) is 2.13. The van der Waals surface area contributed by atoms with Gasteiger partial charge in [-0.3, -0.25) is 4.79 Å². The van der Waals surface area contributed by atoms with Crippen molar-refractivity contribution in [2.45, 2.75) is 12.7 Å². The highest BCUT2D eigenvalue weighted by molar-refractivity contribution is 5.77. The quantitative estimate of drug-likeness (QED) is 0.499. The minimum atomic E-state index is -2.34. The van der Waals surface area contributed by atoms with Crippen LogP contribution in [0.25, 0.3) is 5.57 Å². The number of aromatic hydroxyl groups is 2. The van der Waals surface area contributed by atoms with Crippen LogP contribution in [0.3, 0.4) is 0 Å². The van der Waals surface area contributed by atoms with Gasteiger partial charge in [-0.25, -0.2) is 14.7 Å². The fraction of sp³-hybridized carbons (Fsp3) is 0.118. The van der Waals surface area contributed by atoms with Crippen molar-refractivity contribution in [2.75, 3.05) is 0 Å². The van der Waals surface area contributed by atoms with Crippen molar-refractivity contribution in [1.29, 1.82) is 0 Å². The number of aliphatic hydroxyl groups is 1. The van der Waals surface area contributed by atoms with E-state index >= 15 is 0 Å². The van der Waals surface area contributed by atoms with Gasteiger partial charge in [-0.1, -0.05) is 12.1 Å². The predicted octanol–water partition coefficient (Wildman–Crippen LogP) is 1.88. The average molecular weight is 347 g/mol. The second kappa shape index (κ2) is 6.08. The topological polar surface area (TPSA) is 108 Å². The molecule has 0 aromatic heterocycles. The number of halogens is 1. The van der Waals surface area contributed by atoms with Gasteiger partial charge in [0.2, 0.25) is 5.91 Å². The molecule has 25 heavy (non-hydrogen) atoms. The van der Waals surface area contributed by atoms with Crippen LogP contribution < -0.4 is 10.2 Å². The molecular formula is C17H14FNO6. The Labute approximate surface area is 141 Å². The smallest absolute Gasteiger partial charge is 0.254 e. The minimum absolute atomic E-state index is 0.00902. The fourth-order valence-electron chi connectivity index (χ4n) is 2.50. The third-order valence-corrected chi connectivity index (χ3v) is 3.57. The molecule has 0 aliphatic carbocycles. The highest BCUT2D eigenvalue weighted by Crippen LogP contribution is 2.49. The van der Waals surface area contributed by atoms with E-state index in [2.05, 4.69) is 0 Å². The molecule has 1 aliphatic rings. The zero-order valence-electron chi connectivity index (χ0n) is 13.0. The number of hydrogen-bond acceptors (Lipinski definition) is 6. The molecule has 0 saturated heterocycles. The van der Waals surface area contributed by atoms with Crippen LogP contribution in [0.1, 0.15) is 18.1 Å². The minimum Gasteiger partial charge on any atom is -0.508 e. The van der Waals surface area contributed by atoms with Crippen molar-refractivity contribution in [2.24, 2.45) is 0 Å². The van der Waals surface area contributed by atoms with Crippen molar-refractivity contribution in [3.8, 4) is 17.2 Å². The van der Waals surface area contributed by atoms with Crippen molar-refractivity contribution in [1.82, 2.24) is 5.48 Å². The Bertz CT molecular complexity index is 864. The fourth-order valence-corrected chi connectivity index (χ4v) is 2.50. The first-order valence-corrected chi connectivity index (χ1v) is 7.18. The first-order valence-electron chi connectivity index (χ1n) is 7.18. The highest BCUT2D eigenvalue weighted by Gasteiger charge is 2.45. The molecule has 0 spiro atoms. The Balaban J connectivity index is 2.16. The largest absolute Gasteiger partial charge is 0.508 e. The number of rotatable bonds is 3. The molecule has 0 bridgehead atoms. The molecule has 8 heteroatoms. The average Bonchev–Trinajstić information content (AvgIpc) is 2.54. The predicted molar refractivity (Wildman–Crippen MR) is 83.6 cm³/mol. The van der Waals surface area contributed by atoms with Crippen LogP contribution in [-0.2, 0) is 15.4 Å². The molecule has 2 aromatic carbocycles. The van der Waals surface area contributed by atoms with Crippen LogP contribution in [0.15, 0.2) is 42.7 Å². The van der Waals surface area contributed by atoms with E-state index in [4.69, 9.17) is 9.57 Å². The summed E-state index contributed by atoms with van der Waals surface area (Å²) in [5, 5.41) is 30.8. The van der Waals surface area contributed by atoms with Gasteiger partial charge >= 0.3 is 0 Å². The van der Waals surface area contributed by atoms with Crippen LogP contribution in [0, 0.1) is 5.82 Å². The maximum Gasteiger partial charge on any atom is 0.254 e. The molecule has 0 radical (unpaired) electrons. The number of benzene rings is 2. The zero-order chi connectivity index (χ0) is 18.2. The lowest BCUT2D eigenvalue weighted by Crippen LogP contribution is -2.40. The second-order valence-corrected chi connectivity index (χ2v) is 5.40. The van der Waals surface area contributed by atoms with E-state index in [1.165, 1.54) is 31.2 Å². The molecule has 0 fully saturated rings. The summed E-state index contributed by atoms with van der Waals surface area (Å²) in [6.45, 7) is 1.17. The molecule has 1 amide bonds. The van der Waals surface area contributed by atoms with Crippen LogP contribution in [0.2, 0.25) is 0 Å². The Hall–Kier alpha value is -3.10. The number of carbonyl (C=O) groups excluding carboxylic acids is 1. The first-order chi connectivity index (χ1) is 11.8. The third kappa shape index (κ3) is 3.00. The Morgan fingerprint density at radius 2 is 1.92 bits per heavy atom. The molecular weight excluding hydrogens is 333 g/mol. The van der Waals surface area contributed by atoms with Crippen LogP contribution in [0.4, 0.5) is 4.39 Å².